The fraction of sp³-hybridized carbons (Fsp3) is 0.182. The number of nitrogen functional groups attached to an aromatic ring is 1. The summed E-state index contributed by atoms with van der Waals surface area (Å²) in [5, 5.41) is 16.4. The Morgan fingerprint density at radius 2 is 2.06 bits per heavy atom. The maximum atomic E-state index is 9.77. The van der Waals surface area contributed by atoms with Crippen molar-refractivity contribution < 1.29 is 14.6 Å². The van der Waals surface area contributed by atoms with Crippen LogP contribution in [-0.2, 0) is 0 Å². The zero-order chi connectivity index (χ0) is 13.3. The summed E-state index contributed by atoms with van der Waals surface area (Å²) >= 11 is 6.08. The summed E-state index contributed by atoms with van der Waals surface area (Å²) in [6.45, 7) is 0. The van der Waals surface area contributed by atoms with Gasteiger partial charge in [-0.3, -0.25) is 5.10 Å². The SMILES string of the molecule is COc1cc(O)c(Cl)c(-c2cc(N)n[nH]2)c1OC. The number of aromatic hydroxyl groups is 1. The molecule has 2 rings (SSSR count). The number of hydrogen-bond donors (Lipinski definition) is 3. The lowest BCUT2D eigenvalue weighted by Crippen LogP contribution is -1.95. The average Bonchev–Trinajstić information content (AvgIpc) is 2.78. The van der Waals surface area contributed by atoms with E-state index in [1.165, 1.54) is 20.3 Å². The minimum absolute atomic E-state index is 0.113. The van der Waals surface area contributed by atoms with Crippen LogP contribution in [0.2, 0.25) is 5.02 Å². The third kappa shape index (κ3) is 1.91. The number of H-pyrrole nitrogens is 1. The van der Waals surface area contributed by atoms with Crippen molar-refractivity contribution in [2.45, 2.75) is 0 Å². The molecule has 0 fully saturated rings. The van der Waals surface area contributed by atoms with Gasteiger partial charge in [-0.25, -0.2) is 0 Å². The first-order chi connectivity index (χ1) is 8.58. The summed E-state index contributed by atoms with van der Waals surface area (Å²) in [6, 6.07) is 2.97. The molecule has 7 heteroatoms. The molecule has 0 unspecified atom stereocenters. The standard InChI is InChI=1S/C11H12ClN3O3/c1-17-7-4-6(16)10(12)9(11(7)18-2)5-3-8(13)15-14-5/h3-4,16H,1-2H3,(H3,13,14,15). The molecule has 1 heterocycles. The molecule has 4 N–H and O–H groups in total. The molecule has 0 aliphatic heterocycles. The fourth-order valence-electron chi connectivity index (χ4n) is 1.66. The average molecular weight is 270 g/mol. The van der Waals surface area contributed by atoms with Gasteiger partial charge in [0.2, 0.25) is 0 Å². The number of rotatable bonds is 3. The van der Waals surface area contributed by atoms with Crippen LogP contribution in [0.1, 0.15) is 0 Å². The van der Waals surface area contributed by atoms with E-state index in [4.69, 9.17) is 26.8 Å². The molecule has 0 saturated carbocycles. The lowest BCUT2D eigenvalue weighted by atomic mass is 10.1. The second-order valence-corrected chi connectivity index (χ2v) is 3.90. The summed E-state index contributed by atoms with van der Waals surface area (Å²) in [5.41, 5.74) is 6.52. The number of nitrogens with zero attached hydrogens (tertiary/aromatic N) is 1. The predicted molar refractivity (Wildman–Crippen MR) is 68.2 cm³/mol. The van der Waals surface area contributed by atoms with Crippen molar-refractivity contribution >= 4 is 17.4 Å². The van der Waals surface area contributed by atoms with Gasteiger partial charge in [0, 0.05) is 12.1 Å². The van der Waals surface area contributed by atoms with Crippen molar-refractivity contribution in [2.75, 3.05) is 20.0 Å². The molecule has 6 nitrogen and oxygen atoms in total. The van der Waals surface area contributed by atoms with Crippen molar-refractivity contribution in [1.82, 2.24) is 10.2 Å². The number of ether oxygens (including phenoxy) is 2. The third-order valence-corrected chi connectivity index (χ3v) is 2.84. The summed E-state index contributed by atoms with van der Waals surface area (Å²) < 4.78 is 10.4. The number of hydrogen-bond acceptors (Lipinski definition) is 5. The van der Waals surface area contributed by atoms with Crippen LogP contribution in [0.3, 0.4) is 0 Å². The fourth-order valence-corrected chi connectivity index (χ4v) is 1.91. The van der Waals surface area contributed by atoms with Gasteiger partial charge in [0.25, 0.3) is 0 Å². The minimum atomic E-state index is -0.113. The van der Waals surface area contributed by atoms with Crippen LogP contribution >= 0.6 is 11.6 Å². The highest BCUT2D eigenvalue weighted by molar-refractivity contribution is 6.35. The van der Waals surface area contributed by atoms with E-state index in [-0.39, 0.29) is 10.8 Å². The van der Waals surface area contributed by atoms with E-state index >= 15 is 0 Å². The Labute approximate surface area is 108 Å². The summed E-state index contributed by atoms with van der Waals surface area (Å²) in [6.07, 6.45) is 0. The van der Waals surface area contributed by atoms with E-state index in [0.29, 0.717) is 28.6 Å². The first kappa shape index (κ1) is 12.4. The monoisotopic (exact) mass is 269 g/mol. The number of halogens is 1. The Bertz CT molecular complexity index is 583. The lowest BCUT2D eigenvalue weighted by Gasteiger charge is -2.14. The Kier molecular flexibility index (Phi) is 3.20. The van der Waals surface area contributed by atoms with Crippen molar-refractivity contribution in [3.05, 3.63) is 17.2 Å². The third-order valence-electron chi connectivity index (χ3n) is 2.45. The maximum Gasteiger partial charge on any atom is 0.171 e. The van der Waals surface area contributed by atoms with Crippen LogP contribution in [0.15, 0.2) is 12.1 Å². The molecule has 96 valence electrons. The molecule has 0 radical (unpaired) electrons. The van der Waals surface area contributed by atoms with E-state index in [1.54, 1.807) is 6.07 Å². The molecule has 0 atom stereocenters. The van der Waals surface area contributed by atoms with E-state index in [9.17, 15) is 5.11 Å². The summed E-state index contributed by atoms with van der Waals surface area (Å²) in [4.78, 5) is 0. The van der Waals surface area contributed by atoms with E-state index in [1.807, 2.05) is 0 Å². The first-order valence-electron chi connectivity index (χ1n) is 5.03. The highest BCUT2D eigenvalue weighted by Gasteiger charge is 2.21. The molecule has 0 aliphatic carbocycles. The molecule has 18 heavy (non-hydrogen) atoms. The molecule has 0 aliphatic rings. The van der Waals surface area contributed by atoms with Gasteiger partial charge in [0.05, 0.1) is 30.5 Å². The Balaban J connectivity index is 2.74. The quantitative estimate of drug-likeness (QED) is 0.793. The number of anilines is 1. The van der Waals surface area contributed by atoms with Gasteiger partial charge in [-0.15, -0.1) is 0 Å². The van der Waals surface area contributed by atoms with Crippen LogP contribution < -0.4 is 15.2 Å². The van der Waals surface area contributed by atoms with Crippen LogP contribution in [-0.4, -0.2) is 29.5 Å². The zero-order valence-corrected chi connectivity index (χ0v) is 10.6. The van der Waals surface area contributed by atoms with E-state index in [0.717, 1.165) is 0 Å². The number of aromatic amines is 1. The lowest BCUT2D eigenvalue weighted by molar-refractivity contribution is 0.352. The zero-order valence-electron chi connectivity index (χ0n) is 9.82. The maximum absolute atomic E-state index is 9.77. The number of nitrogens with two attached hydrogens (primary N) is 1. The molecule has 0 spiro atoms. The summed E-state index contributed by atoms with van der Waals surface area (Å²) in [5.74, 6) is 0.953. The van der Waals surface area contributed by atoms with E-state index in [2.05, 4.69) is 10.2 Å². The topological polar surface area (TPSA) is 93.4 Å². The highest BCUT2D eigenvalue weighted by Crippen LogP contribution is 2.47. The van der Waals surface area contributed by atoms with Crippen molar-refractivity contribution in [2.24, 2.45) is 0 Å². The predicted octanol–water partition coefficient (Wildman–Crippen LogP) is 2.04. The number of aromatic nitrogens is 2. The Hall–Kier alpha value is -2.08. The van der Waals surface area contributed by atoms with Gasteiger partial charge in [-0.2, -0.15) is 5.10 Å². The number of nitrogens with one attached hydrogen (secondary N) is 1. The molecule has 1 aromatic carbocycles. The van der Waals surface area contributed by atoms with Crippen LogP contribution in [0, 0.1) is 0 Å². The van der Waals surface area contributed by atoms with Crippen LogP contribution in [0.5, 0.6) is 17.2 Å². The number of benzene rings is 1. The second-order valence-electron chi connectivity index (χ2n) is 3.53. The van der Waals surface area contributed by atoms with Crippen molar-refractivity contribution in [3.63, 3.8) is 0 Å². The van der Waals surface area contributed by atoms with Gasteiger partial charge in [-0.1, -0.05) is 11.6 Å². The van der Waals surface area contributed by atoms with Crippen molar-refractivity contribution in [3.8, 4) is 28.5 Å². The number of methoxy groups -OCH3 is 2. The highest BCUT2D eigenvalue weighted by atomic mass is 35.5. The number of phenolic OH excluding ortho intramolecular Hbond substituents is 1. The van der Waals surface area contributed by atoms with Gasteiger partial charge in [0.1, 0.15) is 11.6 Å². The molecular weight excluding hydrogens is 258 g/mol. The Morgan fingerprint density at radius 1 is 1.33 bits per heavy atom. The molecule has 1 aromatic heterocycles. The summed E-state index contributed by atoms with van der Waals surface area (Å²) in [7, 11) is 2.95. The molecule has 0 amide bonds. The molecule has 2 aromatic rings. The van der Waals surface area contributed by atoms with Gasteiger partial charge in [0.15, 0.2) is 11.5 Å². The smallest absolute Gasteiger partial charge is 0.171 e. The normalized spacial score (nSPS) is 10.4. The van der Waals surface area contributed by atoms with Gasteiger partial charge >= 0.3 is 0 Å². The molecular formula is C11H12ClN3O3. The van der Waals surface area contributed by atoms with E-state index < -0.39 is 0 Å². The van der Waals surface area contributed by atoms with Crippen LogP contribution in [0.4, 0.5) is 5.82 Å². The Morgan fingerprint density at radius 3 is 2.56 bits per heavy atom. The minimum Gasteiger partial charge on any atom is -0.506 e. The largest absolute Gasteiger partial charge is 0.506 e. The van der Waals surface area contributed by atoms with Gasteiger partial charge in [-0.05, 0) is 0 Å². The molecule has 0 saturated heterocycles. The first-order valence-corrected chi connectivity index (χ1v) is 5.41. The van der Waals surface area contributed by atoms with Crippen LogP contribution in [0.25, 0.3) is 11.3 Å². The second kappa shape index (κ2) is 4.66. The molecule has 0 bridgehead atoms. The number of phenols is 1. The van der Waals surface area contributed by atoms with Gasteiger partial charge < -0.3 is 20.3 Å². The van der Waals surface area contributed by atoms with Crippen molar-refractivity contribution in [1.29, 1.82) is 0 Å².